The maximum Gasteiger partial charge on any atom is 0.342 e. The molecule has 2 N–H and O–H groups in total. The third kappa shape index (κ3) is 4.00. The number of ether oxygens (including phenoxy) is 3. The summed E-state index contributed by atoms with van der Waals surface area (Å²) in [7, 11) is 0. The van der Waals surface area contributed by atoms with Crippen molar-refractivity contribution in [2.24, 2.45) is 0 Å². The van der Waals surface area contributed by atoms with Crippen molar-refractivity contribution in [3.63, 3.8) is 0 Å². The standard InChI is InChI=1S/C18H16ClNO6/c1-10(26-18(23)13-7-12(19)3-4-14(13)21)17(22)20-8-11-2-5-15-16(6-11)25-9-24-15/h2-7,10,21H,8-9H2,1H3,(H,20,22)/t10-/m0/s1. The maximum atomic E-state index is 12.1. The Bertz CT molecular complexity index is 854. The van der Waals surface area contributed by atoms with Crippen LogP contribution in [-0.4, -0.2) is 29.9 Å². The van der Waals surface area contributed by atoms with Gasteiger partial charge in [0.05, 0.1) is 0 Å². The van der Waals surface area contributed by atoms with Gasteiger partial charge in [-0.05, 0) is 42.8 Å². The lowest BCUT2D eigenvalue weighted by Crippen LogP contribution is -2.35. The number of phenols is 1. The fourth-order valence-corrected chi connectivity index (χ4v) is 2.51. The van der Waals surface area contributed by atoms with E-state index in [2.05, 4.69) is 5.32 Å². The summed E-state index contributed by atoms with van der Waals surface area (Å²) in [5.41, 5.74) is 0.710. The van der Waals surface area contributed by atoms with Gasteiger partial charge in [0.25, 0.3) is 5.91 Å². The number of nitrogens with one attached hydrogen (secondary N) is 1. The van der Waals surface area contributed by atoms with Crippen molar-refractivity contribution in [1.29, 1.82) is 0 Å². The van der Waals surface area contributed by atoms with Gasteiger partial charge < -0.3 is 24.6 Å². The van der Waals surface area contributed by atoms with Crippen LogP contribution < -0.4 is 14.8 Å². The van der Waals surface area contributed by atoms with Crippen molar-refractivity contribution in [2.75, 3.05) is 6.79 Å². The van der Waals surface area contributed by atoms with Gasteiger partial charge in [0.2, 0.25) is 6.79 Å². The van der Waals surface area contributed by atoms with Gasteiger partial charge in [-0.1, -0.05) is 17.7 Å². The molecule has 0 aliphatic carbocycles. The zero-order valence-corrected chi connectivity index (χ0v) is 14.6. The molecule has 1 atom stereocenters. The second-order valence-electron chi connectivity index (χ2n) is 5.61. The number of rotatable bonds is 5. The van der Waals surface area contributed by atoms with E-state index < -0.39 is 18.0 Å². The molecule has 8 heteroatoms. The molecule has 2 aromatic rings. The second kappa shape index (κ2) is 7.53. The lowest BCUT2D eigenvalue weighted by atomic mass is 10.2. The number of esters is 1. The average molecular weight is 378 g/mol. The van der Waals surface area contributed by atoms with Gasteiger partial charge in [-0.15, -0.1) is 0 Å². The Hall–Kier alpha value is -2.93. The predicted molar refractivity (Wildman–Crippen MR) is 92.4 cm³/mol. The lowest BCUT2D eigenvalue weighted by molar-refractivity contribution is -0.129. The third-order valence-electron chi connectivity index (χ3n) is 3.74. The molecule has 136 valence electrons. The van der Waals surface area contributed by atoms with Gasteiger partial charge in [0.1, 0.15) is 11.3 Å². The van der Waals surface area contributed by atoms with Crippen LogP contribution in [0.5, 0.6) is 17.2 Å². The topological polar surface area (TPSA) is 94.1 Å². The van der Waals surface area contributed by atoms with Gasteiger partial charge in [-0.25, -0.2) is 4.79 Å². The van der Waals surface area contributed by atoms with Gasteiger partial charge in [0.15, 0.2) is 17.6 Å². The van der Waals surface area contributed by atoms with Crippen LogP contribution in [0.4, 0.5) is 0 Å². The van der Waals surface area contributed by atoms with Crippen molar-refractivity contribution in [3.05, 3.63) is 52.5 Å². The number of hydrogen-bond donors (Lipinski definition) is 2. The van der Waals surface area contributed by atoms with Crippen LogP contribution in [0, 0.1) is 0 Å². The number of aromatic hydroxyl groups is 1. The predicted octanol–water partition coefficient (Wildman–Crippen LogP) is 2.64. The number of carbonyl (C=O) groups is 2. The molecule has 1 aliphatic rings. The second-order valence-corrected chi connectivity index (χ2v) is 6.05. The van der Waals surface area contributed by atoms with Gasteiger partial charge in [0, 0.05) is 11.6 Å². The molecule has 0 saturated carbocycles. The summed E-state index contributed by atoms with van der Waals surface area (Å²) in [6.45, 7) is 1.85. The summed E-state index contributed by atoms with van der Waals surface area (Å²) < 4.78 is 15.6. The molecule has 3 rings (SSSR count). The zero-order chi connectivity index (χ0) is 18.7. The normalized spacial score (nSPS) is 13.2. The van der Waals surface area contributed by atoms with Gasteiger partial charge in [-0.2, -0.15) is 0 Å². The first-order chi connectivity index (χ1) is 12.4. The summed E-state index contributed by atoms with van der Waals surface area (Å²) >= 11 is 5.80. The number of amides is 1. The molecule has 0 unspecified atom stereocenters. The number of carbonyl (C=O) groups excluding carboxylic acids is 2. The number of halogens is 1. The van der Waals surface area contributed by atoms with E-state index in [1.54, 1.807) is 18.2 Å². The summed E-state index contributed by atoms with van der Waals surface area (Å²) in [5, 5.41) is 12.6. The number of benzene rings is 2. The maximum absolute atomic E-state index is 12.1. The number of phenolic OH excluding ortho intramolecular Hbond substituents is 1. The largest absolute Gasteiger partial charge is 0.507 e. The smallest absolute Gasteiger partial charge is 0.342 e. The molecule has 1 heterocycles. The van der Waals surface area contributed by atoms with Crippen molar-refractivity contribution in [1.82, 2.24) is 5.32 Å². The molecule has 0 fully saturated rings. The number of hydrogen-bond acceptors (Lipinski definition) is 6. The highest BCUT2D eigenvalue weighted by molar-refractivity contribution is 6.31. The molecule has 1 aliphatic heterocycles. The monoisotopic (exact) mass is 377 g/mol. The van der Waals surface area contributed by atoms with Crippen LogP contribution in [-0.2, 0) is 16.1 Å². The summed E-state index contributed by atoms with van der Waals surface area (Å²) in [5.74, 6) is -0.308. The summed E-state index contributed by atoms with van der Waals surface area (Å²) in [4.78, 5) is 24.2. The van der Waals surface area contributed by atoms with E-state index in [1.807, 2.05) is 0 Å². The van der Waals surface area contributed by atoms with Crippen molar-refractivity contribution < 1.29 is 28.9 Å². The minimum Gasteiger partial charge on any atom is -0.507 e. The average Bonchev–Trinajstić information content (AvgIpc) is 3.09. The SMILES string of the molecule is C[C@H](OC(=O)c1cc(Cl)ccc1O)C(=O)NCc1ccc2c(c1)OCO2. The summed E-state index contributed by atoms with van der Waals surface area (Å²) in [6, 6.07) is 9.32. The first kappa shape index (κ1) is 17.9. The Morgan fingerprint density at radius 1 is 1.23 bits per heavy atom. The molecular formula is C18H16ClNO6. The van der Waals surface area contributed by atoms with Gasteiger partial charge in [-0.3, -0.25) is 4.79 Å². The number of fused-ring (bicyclic) bond motifs is 1. The lowest BCUT2D eigenvalue weighted by Gasteiger charge is -2.14. The minimum absolute atomic E-state index is 0.104. The molecule has 1 amide bonds. The highest BCUT2D eigenvalue weighted by atomic mass is 35.5. The molecule has 0 aromatic heterocycles. The van der Waals surface area contributed by atoms with Crippen LogP contribution in [0.25, 0.3) is 0 Å². The highest BCUT2D eigenvalue weighted by Crippen LogP contribution is 2.32. The van der Waals surface area contributed by atoms with E-state index in [0.717, 1.165) is 5.56 Å². The Kier molecular flexibility index (Phi) is 5.18. The zero-order valence-electron chi connectivity index (χ0n) is 13.8. The molecule has 7 nitrogen and oxygen atoms in total. The first-order valence-electron chi connectivity index (χ1n) is 7.80. The highest BCUT2D eigenvalue weighted by Gasteiger charge is 2.21. The van der Waals surface area contributed by atoms with Crippen LogP contribution in [0.3, 0.4) is 0 Å². The van der Waals surface area contributed by atoms with E-state index in [9.17, 15) is 14.7 Å². The summed E-state index contributed by atoms with van der Waals surface area (Å²) in [6.07, 6.45) is -1.05. The van der Waals surface area contributed by atoms with E-state index in [4.69, 9.17) is 25.8 Å². The molecule has 2 aromatic carbocycles. The van der Waals surface area contributed by atoms with Crippen molar-refractivity contribution in [3.8, 4) is 17.2 Å². The van der Waals surface area contributed by atoms with Gasteiger partial charge >= 0.3 is 5.97 Å². The molecule has 26 heavy (non-hydrogen) atoms. The molecule has 0 spiro atoms. The van der Waals surface area contributed by atoms with Crippen molar-refractivity contribution in [2.45, 2.75) is 19.6 Å². The molecule has 0 bridgehead atoms. The minimum atomic E-state index is -1.05. The van der Waals surface area contributed by atoms with Crippen LogP contribution in [0.1, 0.15) is 22.8 Å². The molecule has 0 saturated heterocycles. The fourth-order valence-electron chi connectivity index (χ4n) is 2.33. The van der Waals surface area contributed by atoms with Crippen LogP contribution in [0.2, 0.25) is 5.02 Å². The Morgan fingerprint density at radius 2 is 2.00 bits per heavy atom. The van der Waals surface area contributed by atoms with Crippen molar-refractivity contribution >= 4 is 23.5 Å². The third-order valence-corrected chi connectivity index (χ3v) is 3.97. The van der Waals surface area contributed by atoms with Crippen LogP contribution >= 0.6 is 11.6 Å². The van der Waals surface area contributed by atoms with E-state index in [-0.39, 0.29) is 29.7 Å². The fraction of sp³-hybridized carbons (Fsp3) is 0.222. The van der Waals surface area contributed by atoms with E-state index in [0.29, 0.717) is 11.5 Å². The van der Waals surface area contributed by atoms with Crippen LogP contribution in [0.15, 0.2) is 36.4 Å². The van der Waals surface area contributed by atoms with E-state index in [1.165, 1.54) is 25.1 Å². The quantitative estimate of drug-likeness (QED) is 0.778. The Labute approximate surface area is 154 Å². The molecule has 0 radical (unpaired) electrons. The Morgan fingerprint density at radius 3 is 2.81 bits per heavy atom. The Balaban J connectivity index is 1.56. The first-order valence-corrected chi connectivity index (χ1v) is 8.17. The van der Waals surface area contributed by atoms with E-state index >= 15 is 0 Å². The molecular weight excluding hydrogens is 362 g/mol.